The van der Waals surface area contributed by atoms with Gasteiger partial charge in [-0.1, -0.05) is 32.4 Å². The van der Waals surface area contributed by atoms with E-state index in [1.807, 2.05) is 11.6 Å². The molecule has 3 nitrogen and oxygen atoms in total. The van der Waals surface area contributed by atoms with Crippen LogP contribution < -0.4 is 0 Å². The zero-order valence-electron chi connectivity index (χ0n) is 16.6. The van der Waals surface area contributed by atoms with Crippen molar-refractivity contribution in [3.8, 4) is 0 Å². The molecule has 2 saturated carbocycles. The molecule has 4 heteroatoms. The molecule has 146 valence electrons. The van der Waals surface area contributed by atoms with Crippen LogP contribution in [0.25, 0.3) is 5.57 Å². The summed E-state index contributed by atoms with van der Waals surface area (Å²) >= 11 is 1.66. The van der Waals surface area contributed by atoms with Crippen LogP contribution in [0.4, 0.5) is 0 Å². The molecule has 2 N–H and O–H groups in total. The highest BCUT2D eigenvalue weighted by Crippen LogP contribution is 2.68. The fraction of sp³-hybridized carbons (Fsp3) is 0.696. The number of allylic oxidation sites excluding steroid dienone is 3. The Morgan fingerprint density at radius 2 is 1.89 bits per heavy atom. The molecule has 5 rings (SSSR count). The van der Waals surface area contributed by atoms with Crippen molar-refractivity contribution in [3.05, 3.63) is 34.0 Å². The summed E-state index contributed by atoms with van der Waals surface area (Å²) in [7, 11) is 0. The van der Waals surface area contributed by atoms with Crippen LogP contribution in [-0.4, -0.2) is 21.3 Å². The van der Waals surface area contributed by atoms with Crippen molar-refractivity contribution >= 4 is 16.9 Å². The first-order valence-corrected chi connectivity index (χ1v) is 11.4. The van der Waals surface area contributed by atoms with Gasteiger partial charge in [-0.15, -0.1) is 11.3 Å². The Hall–Kier alpha value is -1.13. The molecule has 0 bridgehead atoms. The topological polar surface area (TPSA) is 53.4 Å². The van der Waals surface area contributed by atoms with E-state index in [1.165, 1.54) is 12.0 Å². The Kier molecular flexibility index (Phi) is 3.94. The molecule has 0 radical (unpaired) electrons. The van der Waals surface area contributed by atoms with Gasteiger partial charge in [0.1, 0.15) is 5.01 Å². The van der Waals surface area contributed by atoms with E-state index in [2.05, 4.69) is 31.8 Å². The standard InChI is InChI=1S/C23H31NO2S/c1-13-10-14-11-15(25)4-6-22(14,2)16-5-7-23(3)17(19(13)16)12-18(26)20(23)21-24-8-9-27-21/h8-10,13,15-17,19,25-26H,4-7,11-12H2,1-3H3/t13-,15-,16-,17-,19+,22-,23-/m0/s1. The van der Waals surface area contributed by atoms with E-state index >= 15 is 0 Å². The molecule has 0 amide bonds. The Balaban J connectivity index is 1.55. The number of hydrogen-bond donors (Lipinski definition) is 2. The first-order valence-electron chi connectivity index (χ1n) is 10.6. The summed E-state index contributed by atoms with van der Waals surface area (Å²) in [5, 5.41) is 24.2. The second kappa shape index (κ2) is 5.93. The fourth-order valence-corrected chi connectivity index (χ4v) is 8.21. The van der Waals surface area contributed by atoms with Gasteiger partial charge in [0.2, 0.25) is 0 Å². The number of aliphatic hydroxyl groups is 2. The zero-order valence-corrected chi connectivity index (χ0v) is 17.4. The Bertz CT molecular complexity index is 812. The van der Waals surface area contributed by atoms with Gasteiger partial charge in [0, 0.05) is 29.0 Å². The molecule has 0 aromatic carbocycles. The van der Waals surface area contributed by atoms with E-state index in [0.29, 0.717) is 29.4 Å². The number of rotatable bonds is 1. The van der Waals surface area contributed by atoms with Crippen molar-refractivity contribution in [1.29, 1.82) is 0 Å². The summed E-state index contributed by atoms with van der Waals surface area (Å²) in [6.07, 6.45) is 10.2. The average Bonchev–Trinajstić information content (AvgIpc) is 3.21. The van der Waals surface area contributed by atoms with Gasteiger partial charge < -0.3 is 10.2 Å². The molecule has 0 aliphatic heterocycles. The van der Waals surface area contributed by atoms with Crippen LogP contribution in [-0.2, 0) is 0 Å². The SMILES string of the molecule is C[C@H]1C=C2C[C@@H](O)CC[C@]2(C)[C@H]2CC[C@]3(C)C(c4nccs4)=C(O)C[C@H]3[C@H]12. The maximum atomic E-state index is 11.0. The zero-order chi connectivity index (χ0) is 19.0. The normalized spacial score (nSPS) is 46.5. The molecule has 1 heterocycles. The average molecular weight is 386 g/mol. The minimum atomic E-state index is -0.157. The third kappa shape index (κ3) is 2.38. The summed E-state index contributed by atoms with van der Waals surface area (Å²) in [5.74, 6) is 2.86. The molecule has 1 aromatic heterocycles. The highest BCUT2D eigenvalue weighted by atomic mass is 32.1. The predicted molar refractivity (Wildman–Crippen MR) is 109 cm³/mol. The van der Waals surface area contributed by atoms with Crippen molar-refractivity contribution in [2.24, 2.45) is 34.5 Å². The fourth-order valence-electron chi connectivity index (χ4n) is 7.37. The number of fused-ring (bicyclic) bond motifs is 5. The number of thiazole rings is 1. The summed E-state index contributed by atoms with van der Waals surface area (Å²) < 4.78 is 0. The van der Waals surface area contributed by atoms with Crippen LogP contribution in [0, 0.1) is 34.5 Å². The van der Waals surface area contributed by atoms with Crippen molar-refractivity contribution < 1.29 is 10.2 Å². The lowest BCUT2D eigenvalue weighted by atomic mass is 9.45. The maximum Gasteiger partial charge on any atom is 0.123 e. The van der Waals surface area contributed by atoms with Gasteiger partial charge >= 0.3 is 0 Å². The number of hydrogen-bond acceptors (Lipinski definition) is 4. The number of aliphatic hydroxyl groups excluding tert-OH is 2. The smallest absolute Gasteiger partial charge is 0.123 e. The second-order valence-corrected chi connectivity index (χ2v) is 10.9. The van der Waals surface area contributed by atoms with Crippen LogP contribution in [0.2, 0.25) is 0 Å². The predicted octanol–water partition coefficient (Wildman–Crippen LogP) is 5.59. The molecule has 7 atom stereocenters. The lowest BCUT2D eigenvalue weighted by Crippen LogP contribution is -2.52. The highest BCUT2D eigenvalue weighted by molar-refractivity contribution is 7.10. The van der Waals surface area contributed by atoms with Crippen LogP contribution in [0.1, 0.15) is 64.3 Å². The molecule has 1 aromatic rings. The summed E-state index contributed by atoms with van der Waals surface area (Å²) in [4.78, 5) is 4.56. The van der Waals surface area contributed by atoms with Crippen LogP contribution in [0.3, 0.4) is 0 Å². The molecule has 0 saturated heterocycles. The number of nitrogens with zero attached hydrogens (tertiary/aromatic N) is 1. The van der Waals surface area contributed by atoms with E-state index in [1.54, 1.807) is 11.3 Å². The molecular weight excluding hydrogens is 354 g/mol. The van der Waals surface area contributed by atoms with E-state index in [4.69, 9.17) is 0 Å². The maximum absolute atomic E-state index is 11.0. The quantitative estimate of drug-likeness (QED) is 0.619. The van der Waals surface area contributed by atoms with Gasteiger partial charge in [-0.05, 0) is 61.2 Å². The third-order valence-electron chi connectivity index (χ3n) is 8.72. The highest BCUT2D eigenvalue weighted by Gasteiger charge is 2.60. The minimum Gasteiger partial charge on any atom is -0.512 e. The van der Waals surface area contributed by atoms with Crippen LogP contribution in [0.5, 0.6) is 0 Å². The van der Waals surface area contributed by atoms with Gasteiger partial charge in [0.15, 0.2) is 0 Å². The molecule has 0 unspecified atom stereocenters. The molecule has 27 heavy (non-hydrogen) atoms. The van der Waals surface area contributed by atoms with Crippen LogP contribution >= 0.6 is 11.3 Å². The Labute approximate surface area is 166 Å². The lowest BCUT2D eigenvalue weighted by Gasteiger charge is -2.59. The van der Waals surface area contributed by atoms with E-state index < -0.39 is 0 Å². The summed E-state index contributed by atoms with van der Waals surface area (Å²) in [6.45, 7) is 7.21. The molecule has 2 fully saturated rings. The van der Waals surface area contributed by atoms with Crippen LogP contribution in [0.15, 0.2) is 29.0 Å². The Morgan fingerprint density at radius 1 is 1.11 bits per heavy atom. The van der Waals surface area contributed by atoms with Crippen molar-refractivity contribution in [2.75, 3.05) is 0 Å². The molecule has 4 aliphatic rings. The molecule has 0 spiro atoms. The Morgan fingerprint density at radius 3 is 2.63 bits per heavy atom. The monoisotopic (exact) mass is 385 g/mol. The largest absolute Gasteiger partial charge is 0.512 e. The van der Waals surface area contributed by atoms with Gasteiger partial charge in [-0.3, -0.25) is 0 Å². The summed E-state index contributed by atoms with van der Waals surface area (Å²) in [5.41, 5.74) is 2.91. The number of aromatic nitrogens is 1. The first-order chi connectivity index (χ1) is 12.8. The lowest BCUT2D eigenvalue weighted by molar-refractivity contribution is -0.0437. The first kappa shape index (κ1) is 17.9. The molecular formula is C23H31NO2S. The minimum absolute atomic E-state index is 0.0350. The van der Waals surface area contributed by atoms with Crippen molar-refractivity contribution in [2.45, 2.75) is 65.4 Å². The van der Waals surface area contributed by atoms with Gasteiger partial charge in [-0.25, -0.2) is 4.98 Å². The van der Waals surface area contributed by atoms with E-state index in [0.717, 1.165) is 42.7 Å². The van der Waals surface area contributed by atoms with Gasteiger partial charge in [0.05, 0.1) is 11.9 Å². The van der Waals surface area contributed by atoms with Crippen molar-refractivity contribution in [1.82, 2.24) is 4.98 Å². The second-order valence-electron chi connectivity index (χ2n) is 9.97. The van der Waals surface area contributed by atoms with Gasteiger partial charge in [0.25, 0.3) is 0 Å². The van der Waals surface area contributed by atoms with E-state index in [9.17, 15) is 10.2 Å². The summed E-state index contributed by atoms with van der Waals surface area (Å²) in [6, 6.07) is 0. The third-order valence-corrected chi connectivity index (χ3v) is 9.51. The van der Waals surface area contributed by atoms with Crippen molar-refractivity contribution in [3.63, 3.8) is 0 Å². The molecule has 4 aliphatic carbocycles. The van der Waals surface area contributed by atoms with Gasteiger partial charge in [-0.2, -0.15) is 0 Å². The van der Waals surface area contributed by atoms with E-state index in [-0.39, 0.29) is 16.9 Å².